The van der Waals surface area contributed by atoms with Crippen LogP contribution in [-0.2, 0) is 13.0 Å². The highest BCUT2D eigenvalue weighted by Crippen LogP contribution is 2.33. The highest BCUT2D eigenvalue weighted by Gasteiger charge is 2.21. The molecule has 5 heteroatoms. The molecule has 2 heterocycles. The topological polar surface area (TPSA) is 62.5 Å². The summed E-state index contributed by atoms with van der Waals surface area (Å²) in [5, 5.41) is 14.6. The summed E-state index contributed by atoms with van der Waals surface area (Å²) in [4.78, 5) is 12.5. The van der Waals surface area contributed by atoms with E-state index in [9.17, 15) is 4.79 Å². The van der Waals surface area contributed by atoms with Crippen molar-refractivity contribution >= 4 is 17.3 Å². The van der Waals surface area contributed by atoms with E-state index in [0.29, 0.717) is 24.1 Å². The van der Waals surface area contributed by atoms with Gasteiger partial charge in [0.1, 0.15) is 17.1 Å². The van der Waals surface area contributed by atoms with Crippen molar-refractivity contribution in [2.24, 2.45) is 0 Å². The number of carboxylic acid groups (broad SMARTS) is 1. The molecule has 0 fully saturated rings. The Morgan fingerprint density at radius 1 is 1.60 bits per heavy atom. The molecular weight excluding hydrogens is 274 g/mol. The van der Waals surface area contributed by atoms with Crippen LogP contribution < -0.4 is 5.32 Å². The van der Waals surface area contributed by atoms with Crippen molar-refractivity contribution in [2.75, 3.05) is 0 Å². The van der Waals surface area contributed by atoms with Crippen molar-refractivity contribution in [1.29, 1.82) is 0 Å². The average Bonchev–Trinajstić information content (AvgIpc) is 3.02. The van der Waals surface area contributed by atoms with Crippen LogP contribution in [0, 0.1) is 6.92 Å². The molecule has 0 amide bonds. The van der Waals surface area contributed by atoms with Crippen LogP contribution in [0.3, 0.4) is 0 Å². The van der Waals surface area contributed by atoms with Crippen molar-refractivity contribution in [2.45, 2.75) is 38.8 Å². The fraction of sp³-hybridized carbons (Fsp3) is 0.400. The lowest BCUT2D eigenvalue weighted by Gasteiger charge is -2.23. The number of rotatable bonds is 4. The van der Waals surface area contributed by atoms with Gasteiger partial charge in [0.15, 0.2) is 0 Å². The van der Waals surface area contributed by atoms with Gasteiger partial charge in [-0.1, -0.05) is 0 Å². The molecule has 20 heavy (non-hydrogen) atoms. The van der Waals surface area contributed by atoms with E-state index in [1.807, 2.05) is 11.3 Å². The standard InChI is InChI=1S/C15H17NO3S/c1-9-12(15(17)18)7-10(19-9)8-16-13-3-2-4-14-11(13)5-6-20-14/h5-7,13,16H,2-4,8H2,1H3,(H,17,18). The van der Waals surface area contributed by atoms with Crippen LogP contribution in [-0.4, -0.2) is 11.1 Å². The molecule has 2 aromatic heterocycles. The fourth-order valence-corrected chi connectivity index (χ4v) is 3.75. The summed E-state index contributed by atoms with van der Waals surface area (Å²) in [6, 6.07) is 4.15. The normalized spacial score (nSPS) is 17.9. The van der Waals surface area contributed by atoms with Crippen molar-refractivity contribution in [3.8, 4) is 0 Å². The van der Waals surface area contributed by atoms with Crippen LogP contribution >= 0.6 is 11.3 Å². The van der Waals surface area contributed by atoms with E-state index in [1.54, 1.807) is 13.0 Å². The average molecular weight is 291 g/mol. The molecule has 0 bridgehead atoms. The Kier molecular flexibility index (Phi) is 3.63. The Balaban J connectivity index is 1.69. The molecule has 0 saturated carbocycles. The number of carboxylic acids is 1. The Hall–Kier alpha value is -1.59. The van der Waals surface area contributed by atoms with Gasteiger partial charge in [-0.25, -0.2) is 4.79 Å². The Morgan fingerprint density at radius 2 is 2.45 bits per heavy atom. The summed E-state index contributed by atoms with van der Waals surface area (Å²) in [7, 11) is 0. The summed E-state index contributed by atoms with van der Waals surface area (Å²) >= 11 is 1.82. The molecule has 1 unspecified atom stereocenters. The van der Waals surface area contributed by atoms with Crippen molar-refractivity contribution in [3.63, 3.8) is 0 Å². The minimum absolute atomic E-state index is 0.252. The third-order valence-corrected chi connectivity index (χ3v) is 4.77. The van der Waals surface area contributed by atoms with Gasteiger partial charge in [-0.2, -0.15) is 0 Å². The van der Waals surface area contributed by atoms with E-state index >= 15 is 0 Å². The van der Waals surface area contributed by atoms with E-state index in [-0.39, 0.29) is 5.56 Å². The van der Waals surface area contributed by atoms with Gasteiger partial charge in [-0.15, -0.1) is 11.3 Å². The lowest BCUT2D eigenvalue weighted by molar-refractivity contribution is 0.0695. The van der Waals surface area contributed by atoms with Crippen LogP contribution in [0.4, 0.5) is 0 Å². The van der Waals surface area contributed by atoms with Crippen LogP contribution in [0.15, 0.2) is 21.9 Å². The first-order valence-corrected chi connectivity index (χ1v) is 7.65. The van der Waals surface area contributed by atoms with Crippen LogP contribution in [0.2, 0.25) is 0 Å². The van der Waals surface area contributed by atoms with Gasteiger partial charge in [-0.3, -0.25) is 0 Å². The summed E-state index contributed by atoms with van der Waals surface area (Å²) < 4.78 is 5.50. The number of aromatic carboxylic acids is 1. The minimum atomic E-state index is -0.935. The van der Waals surface area contributed by atoms with E-state index in [2.05, 4.69) is 16.8 Å². The molecule has 0 aromatic carbocycles. The van der Waals surface area contributed by atoms with E-state index in [4.69, 9.17) is 9.52 Å². The summed E-state index contributed by atoms with van der Waals surface area (Å²) in [6.07, 6.45) is 3.49. The summed E-state index contributed by atoms with van der Waals surface area (Å²) in [5.41, 5.74) is 1.64. The molecule has 1 atom stereocenters. The molecule has 1 aliphatic carbocycles. The van der Waals surface area contributed by atoms with Gasteiger partial charge >= 0.3 is 5.97 Å². The molecule has 0 aliphatic heterocycles. The molecule has 2 N–H and O–H groups in total. The first kappa shape index (κ1) is 13.4. The van der Waals surface area contributed by atoms with Gasteiger partial charge in [0.2, 0.25) is 0 Å². The van der Waals surface area contributed by atoms with Crippen LogP contribution in [0.5, 0.6) is 0 Å². The number of furan rings is 1. The molecule has 1 aliphatic rings. The number of hydrogen-bond acceptors (Lipinski definition) is 4. The number of carbonyl (C=O) groups is 1. The molecule has 4 nitrogen and oxygen atoms in total. The SMILES string of the molecule is Cc1oc(CNC2CCCc3sccc32)cc1C(=O)O. The maximum Gasteiger partial charge on any atom is 0.339 e. The summed E-state index contributed by atoms with van der Waals surface area (Å²) in [5.74, 6) is 0.215. The second-order valence-electron chi connectivity index (χ2n) is 5.11. The van der Waals surface area contributed by atoms with Gasteiger partial charge in [-0.05, 0) is 49.3 Å². The van der Waals surface area contributed by atoms with E-state index < -0.39 is 5.97 Å². The number of hydrogen-bond donors (Lipinski definition) is 2. The molecular formula is C15H17NO3S. The van der Waals surface area contributed by atoms with Crippen LogP contribution in [0.1, 0.15) is 51.2 Å². The largest absolute Gasteiger partial charge is 0.478 e. The highest BCUT2D eigenvalue weighted by molar-refractivity contribution is 7.10. The number of thiophene rings is 1. The lowest BCUT2D eigenvalue weighted by Crippen LogP contribution is -2.23. The predicted molar refractivity (Wildman–Crippen MR) is 77.2 cm³/mol. The van der Waals surface area contributed by atoms with Gasteiger partial charge < -0.3 is 14.8 Å². The zero-order valence-electron chi connectivity index (χ0n) is 11.3. The monoisotopic (exact) mass is 291 g/mol. The second kappa shape index (κ2) is 5.42. The quantitative estimate of drug-likeness (QED) is 0.904. The molecule has 2 aromatic rings. The number of fused-ring (bicyclic) bond motifs is 1. The Labute approximate surface area is 121 Å². The maximum atomic E-state index is 11.0. The molecule has 0 radical (unpaired) electrons. The fourth-order valence-electron chi connectivity index (χ4n) is 2.77. The van der Waals surface area contributed by atoms with Crippen molar-refractivity contribution < 1.29 is 14.3 Å². The Bertz CT molecular complexity index is 629. The van der Waals surface area contributed by atoms with Crippen molar-refractivity contribution in [1.82, 2.24) is 5.32 Å². The summed E-state index contributed by atoms with van der Waals surface area (Å²) in [6.45, 7) is 2.25. The zero-order chi connectivity index (χ0) is 14.1. The third-order valence-electron chi connectivity index (χ3n) is 3.77. The maximum absolute atomic E-state index is 11.0. The second-order valence-corrected chi connectivity index (χ2v) is 6.11. The number of aryl methyl sites for hydroxylation is 2. The molecule has 0 spiro atoms. The van der Waals surface area contributed by atoms with Gasteiger partial charge in [0.25, 0.3) is 0 Å². The highest BCUT2D eigenvalue weighted by atomic mass is 32.1. The molecule has 106 valence electrons. The van der Waals surface area contributed by atoms with E-state index in [1.165, 1.54) is 23.3 Å². The lowest BCUT2D eigenvalue weighted by atomic mass is 9.94. The minimum Gasteiger partial charge on any atom is -0.478 e. The van der Waals surface area contributed by atoms with Gasteiger partial charge in [0.05, 0.1) is 6.54 Å². The first-order valence-electron chi connectivity index (χ1n) is 6.77. The molecule has 3 rings (SSSR count). The van der Waals surface area contributed by atoms with Crippen molar-refractivity contribution in [3.05, 3.63) is 45.0 Å². The Morgan fingerprint density at radius 3 is 3.20 bits per heavy atom. The zero-order valence-corrected chi connectivity index (χ0v) is 12.1. The smallest absolute Gasteiger partial charge is 0.339 e. The van der Waals surface area contributed by atoms with Crippen LogP contribution in [0.25, 0.3) is 0 Å². The van der Waals surface area contributed by atoms with E-state index in [0.717, 1.165) is 6.42 Å². The predicted octanol–water partition coefficient (Wildman–Crippen LogP) is 3.51. The van der Waals surface area contributed by atoms with Gasteiger partial charge in [0, 0.05) is 10.9 Å². The third kappa shape index (κ3) is 2.51. The molecule has 0 saturated heterocycles. The first-order chi connectivity index (χ1) is 9.65. The number of nitrogens with one attached hydrogen (secondary N) is 1.